The fraction of sp³-hybridized carbons (Fsp3) is 0.250. The van der Waals surface area contributed by atoms with Crippen LogP contribution in [0.5, 0.6) is 0 Å². The average Bonchev–Trinajstić information content (AvgIpc) is 2.70. The van der Waals surface area contributed by atoms with Gasteiger partial charge in [0.2, 0.25) is 0 Å². The normalized spacial score (nSPS) is 11.6. The Morgan fingerprint density at radius 1 is 1.03 bits per heavy atom. The zero-order chi connectivity index (χ0) is 25.2. The third kappa shape index (κ3) is 6.84. The van der Waals surface area contributed by atoms with Gasteiger partial charge in [0.25, 0.3) is 0 Å². The number of fused-ring (bicyclic) bond motifs is 3. The van der Waals surface area contributed by atoms with Crippen molar-refractivity contribution in [1.29, 1.82) is 0 Å². The van der Waals surface area contributed by atoms with E-state index in [2.05, 4.69) is 47.4 Å². The largest absolute Gasteiger partial charge is 0 e. The van der Waals surface area contributed by atoms with E-state index in [-0.39, 0.29) is 37.5 Å². The second-order valence-electron chi connectivity index (χ2n) is 9.60. The summed E-state index contributed by atoms with van der Waals surface area (Å²) in [6.07, 6.45) is 4.84. The van der Waals surface area contributed by atoms with Crippen LogP contribution in [-0.2, 0) is 24.9 Å². The van der Waals surface area contributed by atoms with Crippen LogP contribution in [-0.4, -0.2) is 34.1 Å². The molecule has 1 N–H and O–H groups in total. The van der Waals surface area contributed by atoms with E-state index in [4.69, 9.17) is 10.1 Å². The molecule has 0 spiro atoms. The van der Waals surface area contributed by atoms with Gasteiger partial charge in [-0.1, -0.05) is 0 Å². The van der Waals surface area contributed by atoms with Gasteiger partial charge in [-0.25, -0.2) is 0 Å². The van der Waals surface area contributed by atoms with Crippen molar-refractivity contribution in [2.45, 2.75) is 45.0 Å². The Morgan fingerprint density at radius 3 is 2.26 bits per heavy atom. The number of rotatable bonds is 3. The predicted octanol–water partition coefficient (Wildman–Crippen LogP) is 6.59. The van der Waals surface area contributed by atoms with E-state index in [1.54, 1.807) is 6.07 Å². The molecule has 0 saturated heterocycles. The van der Waals surface area contributed by atoms with Crippen LogP contribution in [0.25, 0.3) is 32.9 Å². The van der Waals surface area contributed by atoms with Crippen LogP contribution in [0.4, 0.5) is 4.39 Å². The molecule has 0 saturated carbocycles. The summed E-state index contributed by atoms with van der Waals surface area (Å²) in [7, 11) is 0. The molecule has 7 heteroatoms. The van der Waals surface area contributed by atoms with Crippen LogP contribution in [0.1, 0.15) is 25.0 Å². The fourth-order valence-corrected chi connectivity index (χ4v) is 7.72. The Hall–Kier alpha value is -2.41. The number of hydrogen-bond donors (Lipinski definition) is 1. The summed E-state index contributed by atoms with van der Waals surface area (Å²) in [5.41, 5.74) is 4.91. The summed E-state index contributed by atoms with van der Waals surface area (Å²) < 4.78 is 15.5. The molecule has 0 unspecified atom stereocenters. The van der Waals surface area contributed by atoms with E-state index >= 15 is 0 Å². The van der Waals surface area contributed by atoms with Crippen molar-refractivity contribution in [3.05, 3.63) is 77.6 Å². The minimum Gasteiger partial charge on any atom is 0 e. The van der Waals surface area contributed by atoms with Crippen molar-refractivity contribution in [3.63, 3.8) is 0 Å². The van der Waals surface area contributed by atoms with Crippen LogP contribution in [0, 0.1) is 25.7 Å². The van der Waals surface area contributed by atoms with Crippen molar-refractivity contribution in [3.8, 4) is 11.3 Å². The van der Waals surface area contributed by atoms with Gasteiger partial charge in [0.15, 0.2) is 5.78 Å². The molecule has 2 aromatic carbocycles. The summed E-state index contributed by atoms with van der Waals surface area (Å²) in [5, 5.41) is 11.4. The van der Waals surface area contributed by atoms with Crippen molar-refractivity contribution in [1.82, 2.24) is 9.97 Å². The molecule has 2 aromatic heterocycles. The molecule has 0 bridgehead atoms. The molecule has 0 aliphatic carbocycles. The second-order valence-corrected chi connectivity index (χ2v) is 20.1. The van der Waals surface area contributed by atoms with Gasteiger partial charge in [-0.05, 0) is 13.8 Å². The Bertz CT molecular complexity index is 1400. The molecule has 0 amide bonds. The minimum atomic E-state index is -2.42. The van der Waals surface area contributed by atoms with Crippen molar-refractivity contribution >= 4 is 45.1 Å². The summed E-state index contributed by atoms with van der Waals surface area (Å²) in [6.45, 7) is 6.97. The van der Waals surface area contributed by atoms with Crippen molar-refractivity contribution in [2.75, 3.05) is 0 Å². The number of ketones is 1. The quantitative estimate of drug-likeness (QED) is 0.0858. The summed E-state index contributed by atoms with van der Waals surface area (Å²) in [5.74, 6) is 6.41. The summed E-state index contributed by atoms with van der Waals surface area (Å²) >= 11 is -2.42. The molecule has 0 atom stereocenters. The van der Waals surface area contributed by atoms with Gasteiger partial charge in [-0.3, -0.25) is 4.79 Å². The number of hydrogen-bond acceptors (Lipinski definition) is 4. The van der Waals surface area contributed by atoms with Crippen LogP contribution >= 0.6 is 0 Å². The van der Waals surface area contributed by atoms with Gasteiger partial charge in [0.1, 0.15) is 0 Å². The molecule has 1 radical (unpaired) electrons. The molecular formula is C28H30FGeIrN2O2-. The molecular weight excluding hydrogens is 680 g/mol. The minimum absolute atomic E-state index is 0. The molecule has 4 rings (SSSR count). The molecule has 0 fully saturated rings. The van der Waals surface area contributed by atoms with Gasteiger partial charge in [0.05, 0.1) is 5.76 Å². The number of carbonyl (C=O) groups excluding carboxylic acids is 1. The number of pyridine rings is 2. The zero-order valence-corrected chi connectivity index (χ0v) is 25.6. The van der Waals surface area contributed by atoms with E-state index in [0.29, 0.717) is 0 Å². The molecule has 185 valence electrons. The number of aliphatic hydroxyl groups is 1. The number of benzene rings is 2. The number of nitrogens with zero attached hydrogens (tertiary/aromatic N) is 2. The first kappa shape index (κ1) is 28.8. The zero-order valence-electron chi connectivity index (χ0n) is 21.1. The standard InChI is InChI=1S/C23H22FGeN2.C5H8O2.Ir/c1-14-10-15(2)12-16(11-14)22-19-13-27-23-18(17(19)8-9-26-22)6-7-20(24)21(23)25(3,4)5;1-4(6)3-5(2)7;/h6-11,13H,1-5H3;3,6H,1-2H3;/q-1;;/b;4-3-;. The second kappa shape index (κ2) is 11.6. The summed E-state index contributed by atoms with van der Waals surface area (Å²) in [4.78, 5) is 19.4. The van der Waals surface area contributed by atoms with E-state index in [1.807, 2.05) is 31.5 Å². The van der Waals surface area contributed by atoms with Crippen LogP contribution < -0.4 is 4.40 Å². The van der Waals surface area contributed by atoms with Crippen LogP contribution in [0.3, 0.4) is 0 Å². The maximum Gasteiger partial charge on any atom is 0 e. The number of aromatic nitrogens is 2. The number of allylic oxidation sites excluding steroid dienone is 2. The van der Waals surface area contributed by atoms with Gasteiger partial charge < -0.3 is 5.11 Å². The van der Waals surface area contributed by atoms with Crippen molar-refractivity contribution in [2.24, 2.45) is 0 Å². The van der Waals surface area contributed by atoms with Crippen LogP contribution in [0.2, 0.25) is 17.3 Å². The Balaban J connectivity index is 0.000000476. The van der Waals surface area contributed by atoms with E-state index in [0.717, 1.165) is 42.9 Å². The maximum atomic E-state index is 14.6. The van der Waals surface area contributed by atoms with Crippen LogP contribution in [0.15, 0.2) is 54.6 Å². The fourth-order valence-electron chi connectivity index (χ4n) is 4.13. The smallest absolute Gasteiger partial charge is 0 e. The van der Waals surface area contributed by atoms with E-state index in [1.165, 1.54) is 25.5 Å². The number of halogens is 1. The van der Waals surface area contributed by atoms with Gasteiger partial charge in [-0.15, -0.1) is 0 Å². The Kier molecular flexibility index (Phi) is 9.51. The molecule has 4 aromatic rings. The third-order valence-corrected chi connectivity index (χ3v) is 9.44. The SMILES string of the molecule is CC(=O)/C=C(/C)O.Cc1[c-]c(-c2nccc3c2cnc2[c]([Ge]([CH3])([CH3])[CH3])c(F)ccc23)cc(C)c1.[Ir]. The van der Waals surface area contributed by atoms with Crippen molar-refractivity contribution < 1.29 is 34.4 Å². The average molecular weight is 710 g/mol. The maximum absolute atomic E-state index is 14.6. The molecule has 4 nitrogen and oxygen atoms in total. The van der Waals surface area contributed by atoms with Gasteiger partial charge in [0, 0.05) is 26.2 Å². The Morgan fingerprint density at radius 2 is 1.71 bits per heavy atom. The first-order chi connectivity index (χ1) is 15.9. The summed E-state index contributed by atoms with van der Waals surface area (Å²) in [6, 6.07) is 13.1. The predicted molar refractivity (Wildman–Crippen MR) is 141 cm³/mol. The monoisotopic (exact) mass is 712 g/mol. The first-order valence-electron chi connectivity index (χ1n) is 11.1. The first-order valence-corrected chi connectivity index (χ1v) is 18.5. The topological polar surface area (TPSA) is 63.1 Å². The van der Waals surface area contributed by atoms with E-state index < -0.39 is 13.3 Å². The van der Waals surface area contributed by atoms with Gasteiger partial charge in [-0.2, -0.15) is 0 Å². The third-order valence-electron chi connectivity index (χ3n) is 5.30. The molecule has 35 heavy (non-hydrogen) atoms. The van der Waals surface area contributed by atoms with E-state index in [9.17, 15) is 9.18 Å². The number of carbonyl (C=O) groups is 1. The molecule has 0 aliphatic rings. The Labute approximate surface area is 222 Å². The molecule has 0 aliphatic heterocycles. The number of aliphatic hydroxyl groups excluding tert-OH is 1. The molecule has 2 heterocycles. The number of aryl methyl sites for hydroxylation is 2. The van der Waals surface area contributed by atoms with Gasteiger partial charge >= 0.3 is 162 Å².